The van der Waals surface area contributed by atoms with Gasteiger partial charge < -0.3 is 14.4 Å². The first-order chi connectivity index (χ1) is 14.1. The van der Waals surface area contributed by atoms with Crippen molar-refractivity contribution in [3.8, 4) is 11.6 Å². The molecule has 154 valence electrons. The van der Waals surface area contributed by atoms with Crippen molar-refractivity contribution in [1.29, 1.82) is 0 Å². The molecule has 2 saturated heterocycles. The lowest BCUT2D eigenvalue weighted by Gasteiger charge is -2.35. The lowest BCUT2D eigenvalue weighted by molar-refractivity contribution is -0.139. The first-order valence-corrected chi connectivity index (χ1v) is 10.6. The van der Waals surface area contributed by atoms with Crippen molar-refractivity contribution in [2.24, 2.45) is 5.92 Å². The molecule has 2 aliphatic heterocycles. The average molecular weight is 396 g/mol. The van der Waals surface area contributed by atoms with E-state index in [9.17, 15) is 4.79 Å². The van der Waals surface area contributed by atoms with Crippen molar-refractivity contribution < 1.29 is 14.3 Å². The van der Waals surface area contributed by atoms with Crippen LogP contribution in [0.1, 0.15) is 48.7 Å². The number of aryl methyl sites for hydroxylation is 2. The molecule has 1 aromatic heterocycles. The molecule has 0 aliphatic carbocycles. The normalized spacial score (nSPS) is 20.5. The number of para-hydroxylation sites is 1. The number of likely N-dealkylation sites (tertiary alicyclic amines) is 1. The third kappa shape index (κ3) is 4.75. The number of aromatic nitrogens is 2. The summed E-state index contributed by atoms with van der Waals surface area (Å²) < 4.78 is 11.5. The maximum atomic E-state index is 12.9. The van der Waals surface area contributed by atoms with Gasteiger partial charge in [0, 0.05) is 49.9 Å². The molecule has 0 N–H and O–H groups in total. The molecule has 1 aromatic carbocycles. The summed E-state index contributed by atoms with van der Waals surface area (Å²) in [6.45, 7) is 6.87. The van der Waals surface area contributed by atoms with Crippen LogP contribution in [0.4, 0.5) is 0 Å². The predicted octanol–water partition coefficient (Wildman–Crippen LogP) is 4.02. The standard InChI is InChI=1S/C23H29N3O3/c1-16-6-3-4-8-20(16)29-21-14-17(2)24-22(25-21)19-7-5-11-26(15-19)23(27)18-9-12-28-13-10-18/h3-4,6,8,14,18-19H,5,7,9-13,15H2,1-2H3. The van der Waals surface area contributed by atoms with Crippen LogP contribution in [0.15, 0.2) is 30.3 Å². The first-order valence-electron chi connectivity index (χ1n) is 10.6. The van der Waals surface area contributed by atoms with Crippen LogP contribution in [-0.4, -0.2) is 47.1 Å². The van der Waals surface area contributed by atoms with Gasteiger partial charge in [-0.1, -0.05) is 18.2 Å². The summed E-state index contributed by atoms with van der Waals surface area (Å²) in [7, 11) is 0. The maximum Gasteiger partial charge on any atom is 0.225 e. The van der Waals surface area contributed by atoms with Crippen molar-refractivity contribution in [3.63, 3.8) is 0 Å². The number of rotatable bonds is 4. The summed E-state index contributed by atoms with van der Waals surface area (Å²) >= 11 is 0. The Balaban J connectivity index is 1.49. The van der Waals surface area contributed by atoms with Crippen LogP contribution in [0.3, 0.4) is 0 Å². The fraction of sp³-hybridized carbons (Fsp3) is 0.522. The monoisotopic (exact) mass is 395 g/mol. The van der Waals surface area contributed by atoms with Crippen molar-refractivity contribution >= 4 is 5.91 Å². The fourth-order valence-electron chi connectivity index (χ4n) is 4.17. The van der Waals surface area contributed by atoms with E-state index < -0.39 is 0 Å². The van der Waals surface area contributed by atoms with Gasteiger partial charge in [-0.2, -0.15) is 4.98 Å². The Kier molecular flexibility index (Phi) is 6.09. The van der Waals surface area contributed by atoms with Crippen LogP contribution in [0, 0.1) is 19.8 Å². The van der Waals surface area contributed by atoms with E-state index in [1.54, 1.807) is 0 Å². The zero-order valence-electron chi connectivity index (χ0n) is 17.3. The van der Waals surface area contributed by atoms with E-state index in [0.717, 1.165) is 55.1 Å². The zero-order valence-corrected chi connectivity index (χ0v) is 17.3. The van der Waals surface area contributed by atoms with Crippen molar-refractivity contribution in [3.05, 3.63) is 47.4 Å². The van der Waals surface area contributed by atoms with Crippen LogP contribution in [-0.2, 0) is 9.53 Å². The summed E-state index contributed by atoms with van der Waals surface area (Å²) in [4.78, 5) is 24.3. The lowest BCUT2D eigenvalue weighted by Crippen LogP contribution is -2.44. The highest BCUT2D eigenvalue weighted by Gasteiger charge is 2.31. The van der Waals surface area contributed by atoms with Gasteiger partial charge in [-0.05, 0) is 51.2 Å². The number of benzene rings is 1. The second kappa shape index (κ2) is 8.91. The van der Waals surface area contributed by atoms with Crippen LogP contribution < -0.4 is 4.74 Å². The minimum atomic E-state index is 0.0980. The van der Waals surface area contributed by atoms with Crippen LogP contribution in [0.25, 0.3) is 0 Å². The Labute approximate surface area is 172 Å². The molecule has 0 bridgehead atoms. The molecular weight excluding hydrogens is 366 g/mol. The van der Waals surface area contributed by atoms with Gasteiger partial charge in [0.1, 0.15) is 11.6 Å². The molecule has 2 fully saturated rings. The number of piperidine rings is 1. The molecule has 3 heterocycles. The maximum absolute atomic E-state index is 12.9. The molecule has 2 aliphatic rings. The minimum Gasteiger partial charge on any atom is -0.439 e. The molecule has 0 spiro atoms. The summed E-state index contributed by atoms with van der Waals surface area (Å²) in [6, 6.07) is 9.78. The number of hydrogen-bond acceptors (Lipinski definition) is 5. The number of carbonyl (C=O) groups is 1. The summed E-state index contributed by atoms with van der Waals surface area (Å²) in [5, 5.41) is 0. The number of nitrogens with zero attached hydrogens (tertiary/aromatic N) is 3. The quantitative estimate of drug-likeness (QED) is 0.782. The smallest absolute Gasteiger partial charge is 0.225 e. The van der Waals surface area contributed by atoms with Gasteiger partial charge in [0.2, 0.25) is 11.8 Å². The minimum absolute atomic E-state index is 0.0980. The third-order valence-electron chi connectivity index (χ3n) is 5.82. The highest BCUT2D eigenvalue weighted by molar-refractivity contribution is 5.79. The van der Waals surface area contributed by atoms with E-state index in [1.165, 1.54) is 0 Å². The highest BCUT2D eigenvalue weighted by Crippen LogP contribution is 2.30. The van der Waals surface area contributed by atoms with Gasteiger partial charge in [-0.3, -0.25) is 4.79 Å². The summed E-state index contributed by atoms with van der Waals surface area (Å²) in [5.41, 5.74) is 1.95. The molecule has 0 saturated carbocycles. The second-order valence-electron chi connectivity index (χ2n) is 8.08. The largest absolute Gasteiger partial charge is 0.439 e. The number of ether oxygens (including phenoxy) is 2. The van der Waals surface area contributed by atoms with Gasteiger partial charge in [0.15, 0.2) is 0 Å². The Bertz CT molecular complexity index is 864. The van der Waals surface area contributed by atoms with Gasteiger partial charge in [-0.25, -0.2) is 4.98 Å². The van der Waals surface area contributed by atoms with E-state index in [4.69, 9.17) is 14.5 Å². The van der Waals surface area contributed by atoms with Crippen LogP contribution in [0.5, 0.6) is 11.6 Å². The predicted molar refractivity (Wildman–Crippen MR) is 110 cm³/mol. The van der Waals surface area contributed by atoms with E-state index in [-0.39, 0.29) is 17.7 Å². The highest BCUT2D eigenvalue weighted by atomic mass is 16.5. The number of amides is 1. The average Bonchev–Trinajstić information content (AvgIpc) is 2.75. The van der Waals surface area contributed by atoms with Gasteiger partial charge in [0.25, 0.3) is 0 Å². The topological polar surface area (TPSA) is 64.5 Å². The van der Waals surface area contributed by atoms with Gasteiger partial charge >= 0.3 is 0 Å². The van der Waals surface area contributed by atoms with E-state index in [2.05, 4.69) is 4.98 Å². The lowest BCUT2D eigenvalue weighted by atomic mass is 9.93. The zero-order chi connectivity index (χ0) is 20.2. The van der Waals surface area contributed by atoms with Crippen molar-refractivity contribution in [1.82, 2.24) is 14.9 Å². The summed E-state index contributed by atoms with van der Waals surface area (Å²) in [6.07, 6.45) is 3.63. The molecule has 4 rings (SSSR count). The Morgan fingerprint density at radius 1 is 1.14 bits per heavy atom. The van der Waals surface area contributed by atoms with Crippen LogP contribution in [0.2, 0.25) is 0 Å². The van der Waals surface area contributed by atoms with Crippen molar-refractivity contribution in [2.45, 2.75) is 45.4 Å². The molecule has 2 aromatic rings. The molecule has 6 heteroatoms. The van der Waals surface area contributed by atoms with Crippen molar-refractivity contribution in [2.75, 3.05) is 26.3 Å². The Morgan fingerprint density at radius 2 is 1.93 bits per heavy atom. The summed E-state index contributed by atoms with van der Waals surface area (Å²) in [5.74, 6) is 2.65. The third-order valence-corrected chi connectivity index (χ3v) is 5.82. The SMILES string of the molecule is Cc1cc(Oc2ccccc2C)nc(C2CCCN(C(=O)C3CCOCC3)C2)n1. The number of carbonyl (C=O) groups excluding carboxylic acids is 1. The molecule has 0 radical (unpaired) electrons. The molecule has 6 nitrogen and oxygen atoms in total. The van der Waals surface area contributed by atoms with Gasteiger partial charge in [0.05, 0.1) is 0 Å². The second-order valence-corrected chi connectivity index (χ2v) is 8.08. The number of hydrogen-bond donors (Lipinski definition) is 0. The Morgan fingerprint density at radius 3 is 2.72 bits per heavy atom. The first kappa shape index (κ1) is 19.8. The molecule has 29 heavy (non-hydrogen) atoms. The molecular formula is C23H29N3O3. The molecule has 1 unspecified atom stereocenters. The molecule has 1 atom stereocenters. The fourth-order valence-corrected chi connectivity index (χ4v) is 4.17. The van der Waals surface area contributed by atoms with E-state index >= 15 is 0 Å². The molecule has 1 amide bonds. The van der Waals surface area contributed by atoms with E-state index in [0.29, 0.717) is 25.6 Å². The van der Waals surface area contributed by atoms with E-state index in [1.807, 2.05) is 49.1 Å². The van der Waals surface area contributed by atoms with Crippen LogP contribution >= 0.6 is 0 Å². The Hall–Kier alpha value is -2.47. The van der Waals surface area contributed by atoms with Gasteiger partial charge in [-0.15, -0.1) is 0 Å².